The number of hydrogen-bond donors (Lipinski definition) is 1. The maximum Gasteiger partial charge on any atom is 0.232 e. The van der Waals surface area contributed by atoms with Crippen LogP contribution in [0.1, 0.15) is 13.8 Å². The lowest BCUT2D eigenvalue weighted by atomic mass is 10.1. The molecule has 0 bridgehead atoms. The van der Waals surface area contributed by atoms with Crippen LogP contribution in [0, 0.1) is 11.7 Å². The van der Waals surface area contributed by atoms with E-state index in [-0.39, 0.29) is 18.0 Å². The maximum atomic E-state index is 12.9. The number of hydrogen-bond acceptors (Lipinski definition) is 3. The van der Waals surface area contributed by atoms with Gasteiger partial charge in [-0.1, -0.05) is 6.07 Å². The van der Waals surface area contributed by atoms with E-state index in [1.54, 1.807) is 19.9 Å². The summed E-state index contributed by atoms with van der Waals surface area (Å²) in [6.07, 6.45) is -0.775. The molecule has 1 saturated heterocycles. The summed E-state index contributed by atoms with van der Waals surface area (Å²) in [5, 5.41) is 2.61. The quantitative estimate of drug-likeness (QED) is 0.878. The molecule has 1 N–H and O–H groups in total. The number of halogens is 1. The number of carbonyl (C=O) groups excluding carboxylic acids is 1. The Kier molecular flexibility index (Phi) is 3.40. The van der Waals surface area contributed by atoms with Crippen LogP contribution >= 0.6 is 0 Å². The molecular formula is C12H14FNO3. The molecule has 0 radical (unpaired) electrons. The molecule has 1 fully saturated rings. The molecule has 92 valence electrons. The maximum absolute atomic E-state index is 12.9. The molecule has 5 heteroatoms. The van der Waals surface area contributed by atoms with Gasteiger partial charge in [-0.25, -0.2) is 4.39 Å². The van der Waals surface area contributed by atoms with Gasteiger partial charge >= 0.3 is 0 Å². The highest BCUT2D eigenvalue weighted by Crippen LogP contribution is 2.24. The van der Waals surface area contributed by atoms with Crippen molar-refractivity contribution >= 4 is 11.6 Å². The van der Waals surface area contributed by atoms with Crippen molar-refractivity contribution in [3.05, 3.63) is 30.1 Å². The first kappa shape index (κ1) is 12.0. The number of carbonyl (C=O) groups is 1. The third-order valence-electron chi connectivity index (χ3n) is 2.57. The Bertz CT molecular complexity index is 418. The third kappa shape index (κ3) is 2.81. The van der Waals surface area contributed by atoms with Crippen LogP contribution in [-0.4, -0.2) is 18.5 Å². The van der Waals surface area contributed by atoms with E-state index >= 15 is 0 Å². The van der Waals surface area contributed by atoms with Crippen LogP contribution in [-0.2, 0) is 14.3 Å². The largest absolute Gasteiger partial charge is 0.326 e. The number of rotatable bonds is 3. The monoisotopic (exact) mass is 239 g/mol. The molecule has 1 unspecified atom stereocenters. The number of amides is 1. The SMILES string of the molecule is CC1OC(C(C)C(=O)Nc2cccc(F)c2)O1. The Hall–Kier alpha value is -1.46. The van der Waals surface area contributed by atoms with E-state index in [0.717, 1.165) is 0 Å². The highest BCUT2D eigenvalue weighted by atomic mass is 19.1. The van der Waals surface area contributed by atoms with Gasteiger partial charge in [0.25, 0.3) is 0 Å². The molecule has 1 aliphatic heterocycles. The number of benzene rings is 1. The molecule has 0 aromatic heterocycles. The van der Waals surface area contributed by atoms with Crippen LogP contribution in [0.25, 0.3) is 0 Å². The molecule has 1 heterocycles. The van der Waals surface area contributed by atoms with Crippen molar-refractivity contribution in [1.29, 1.82) is 0 Å². The summed E-state index contributed by atoms with van der Waals surface area (Å²) in [6.45, 7) is 3.46. The number of anilines is 1. The van der Waals surface area contributed by atoms with E-state index in [1.165, 1.54) is 18.2 Å². The molecular weight excluding hydrogens is 225 g/mol. The van der Waals surface area contributed by atoms with Gasteiger partial charge in [0, 0.05) is 5.69 Å². The topological polar surface area (TPSA) is 47.6 Å². The highest BCUT2D eigenvalue weighted by molar-refractivity contribution is 5.92. The minimum Gasteiger partial charge on any atom is -0.326 e. The number of nitrogens with one attached hydrogen (secondary N) is 1. The normalized spacial score (nSPS) is 24.9. The molecule has 0 spiro atoms. The Labute approximate surface area is 98.7 Å². The first-order chi connectivity index (χ1) is 8.06. The van der Waals surface area contributed by atoms with Gasteiger partial charge in [-0.2, -0.15) is 0 Å². The third-order valence-corrected chi connectivity index (χ3v) is 2.57. The second-order valence-electron chi connectivity index (χ2n) is 4.00. The summed E-state index contributed by atoms with van der Waals surface area (Å²) in [5.74, 6) is -1.08. The molecule has 0 saturated carbocycles. The van der Waals surface area contributed by atoms with Crippen LogP contribution in [0.5, 0.6) is 0 Å². The van der Waals surface area contributed by atoms with E-state index in [9.17, 15) is 9.18 Å². The summed E-state index contributed by atoms with van der Waals surface area (Å²) >= 11 is 0. The summed E-state index contributed by atoms with van der Waals surface area (Å²) in [5.41, 5.74) is 0.425. The summed E-state index contributed by atoms with van der Waals surface area (Å²) in [7, 11) is 0. The zero-order valence-corrected chi connectivity index (χ0v) is 9.64. The minimum absolute atomic E-state index is 0.257. The Morgan fingerprint density at radius 3 is 2.76 bits per heavy atom. The summed E-state index contributed by atoms with van der Waals surface area (Å²) < 4.78 is 23.4. The van der Waals surface area contributed by atoms with Crippen LogP contribution in [0.3, 0.4) is 0 Å². The lowest BCUT2D eigenvalue weighted by Gasteiger charge is -2.36. The summed E-state index contributed by atoms with van der Waals surface area (Å²) in [6, 6.07) is 5.74. The molecule has 0 aliphatic carbocycles. The second kappa shape index (κ2) is 4.81. The molecule has 1 aromatic rings. The van der Waals surface area contributed by atoms with Gasteiger partial charge in [0.1, 0.15) is 5.82 Å². The van der Waals surface area contributed by atoms with Crippen molar-refractivity contribution < 1.29 is 18.7 Å². The zero-order valence-electron chi connectivity index (χ0n) is 9.64. The molecule has 1 aliphatic rings. The highest BCUT2D eigenvalue weighted by Gasteiger charge is 2.35. The Balaban J connectivity index is 1.92. The van der Waals surface area contributed by atoms with E-state index in [4.69, 9.17) is 9.47 Å². The van der Waals surface area contributed by atoms with Gasteiger partial charge in [-0.3, -0.25) is 4.79 Å². The van der Waals surface area contributed by atoms with Crippen molar-refractivity contribution in [2.24, 2.45) is 5.92 Å². The smallest absolute Gasteiger partial charge is 0.232 e. The predicted molar refractivity (Wildman–Crippen MR) is 59.6 cm³/mol. The fourth-order valence-electron chi connectivity index (χ4n) is 1.57. The Morgan fingerprint density at radius 1 is 1.47 bits per heavy atom. The Morgan fingerprint density at radius 2 is 2.18 bits per heavy atom. The fraction of sp³-hybridized carbons (Fsp3) is 0.417. The van der Waals surface area contributed by atoms with Crippen molar-refractivity contribution in [2.75, 3.05) is 5.32 Å². The molecule has 4 nitrogen and oxygen atoms in total. The first-order valence-electron chi connectivity index (χ1n) is 5.43. The van der Waals surface area contributed by atoms with E-state index in [1.807, 2.05) is 0 Å². The van der Waals surface area contributed by atoms with Gasteiger partial charge < -0.3 is 14.8 Å². The van der Waals surface area contributed by atoms with Crippen LogP contribution in [0.2, 0.25) is 0 Å². The minimum atomic E-state index is -0.515. The average molecular weight is 239 g/mol. The van der Waals surface area contributed by atoms with E-state index < -0.39 is 12.2 Å². The fourth-order valence-corrected chi connectivity index (χ4v) is 1.57. The van der Waals surface area contributed by atoms with E-state index in [2.05, 4.69) is 5.32 Å². The van der Waals surface area contributed by atoms with Crippen molar-refractivity contribution in [1.82, 2.24) is 0 Å². The molecule has 2 rings (SSSR count). The van der Waals surface area contributed by atoms with Crippen molar-refractivity contribution in [3.8, 4) is 0 Å². The molecule has 17 heavy (non-hydrogen) atoms. The molecule has 1 atom stereocenters. The van der Waals surface area contributed by atoms with Gasteiger partial charge in [0.05, 0.1) is 5.92 Å². The number of ether oxygens (including phenoxy) is 2. The lowest BCUT2D eigenvalue weighted by Crippen LogP contribution is -2.46. The zero-order chi connectivity index (χ0) is 12.4. The summed E-state index contributed by atoms with van der Waals surface area (Å²) in [4.78, 5) is 11.8. The van der Waals surface area contributed by atoms with Gasteiger partial charge in [-0.15, -0.1) is 0 Å². The van der Waals surface area contributed by atoms with Gasteiger partial charge in [0.2, 0.25) is 5.91 Å². The average Bonchev–Trinajstić information content (AvgIpc) is 2.24. The van der Waals surface area contributed by atoms with Crippen LogP contribution < -0.4 is 5.32 Å². The van der Waals surface area contributed by atoms with Gasteiger partial charge in [0.15, 0.2) is 12.6 Å². The standard InChI is InChI=1S/C12H14FNO3/c1-7(12-16-8(2)17-12)11(15)14-10-5-3-4-9(13)6-10/h3-8,12H,1-2H3,(H,14,15). The first-order valence-corrected chi connectivity index (χ1v) is 5.43. The molecule has 1 aromatic carbocycles. The van der Waals surface area contributed by atoms with Crippen LogP contribution in [0.4, 0.5) is 10.1 Å². The second-order valence-corrected chi connectivity index (χ2v) is 4.00. The lowest BCUT2D eigenvalue weighted by molar-refractivity contribution is -0.385. The van der Waals surface area contributed by atoms with Crippen LogP contribution in [0.15, 0.2) is 24.3 Å². The van der Waals surface area contributed by atoms with Crippen molar-refractivity contribution in [3.63, 3.8) is 0 Å². The molecule has 1 amide bonds. The van der Waals surface area contributed by atoms with Gasteiger partial charge in [-0.05, 0) is 32.0 Å². The predicted octanol–water partition coefficient (Wildman–Crippen LogP) is 2.12. The van der Waals surface area contributed by atoms with Crippen molar-refractivity contribution in [2.45, 2.75) is 26.4 Å². The van der Waals surface area contributed by atoms with E-state index in [0.29, 0.717) is 5.69 Å².